The molecule has 12 nitrogen and oxygen atoms in total. The van der Waals surface area contributed by atoms with Crippen molar-refractivity contribution in [3.63, 3.8) is 0 Å². The number of alkyl halides is 3. The first-order valence-corrected chi connectivity index (χ1v) is 17.6. The number of piperidine rings is 1. The standard InChI is InChI=1S/C39H40F3N7O5/c1-22-5-6-26(21-48(22)38(51)23-7-8-23)34-29-14-16-44-36(45-20-25-9-11-28(52-2)19-31(25)53-3)35(29)49(47-34)30-12-10-24(17-32(30)54-4)37(50)46-33-18-27(13-15-43-33)39(40,41)42/h9-19,22-23,26H,5-8,20-21H2,1-4H3,(H,44,45)(H,43,46,50)/t22-,26+/m0/s1. The molecule has 2 N–H and O–H groups in total. The van der Waals surface area contributed by atoms with Crippen LogP contribution < -0.4 is 24.8 Å². The Kier molecular flexibility index (Phi) is 10.1. The number of hydrogen-bond acceptors (Lipinski definition) is 9. The molecule has 1 aliphatic carbocycles. The van der Waals surface area contributed by atoms with Crippen molar-refractivity contribution in [1.82, 2.24) is 24.6 Å². The van der Waals surface area contributed by atoms with Crippen molar-refractivity contribution >= 4 is 34.4 Å². The minimum atomic E-state index is -4.59. The molecule has 2 amide bonds. The van der Waals surface area contributed by atoms with Gasteiger partial charge in [0.05, 0.1) is 32.6 Å². The number of hydrogen-bond donors (Lipinski definition) is 2. The molecule has 2 fully saturated rings. The highest BCUT2D eigenvalue weighted by Crippen LogP contribution is 2.40. The first kappa shape index (κ1) is 36.5. The van der Waals surface area contributed by atoms with Crippen molar-refractivity contribution in [2.75, 3.05) is 38.5 Å². The van der Waals surface area contributed by atoms with Crippen LogP contribution >= 0.6 is 0 Å². The van der Waals surface area contributed by atoms with E-state index in [0.717, 1.165) is 60.7 Å². The predicted octanol–water partition coefficient (Wildman–Crippen LogP) is 7.23. The zero-order valence-electron chi connectivity index (χ0n) is 30.2. The Balaban J connectivity index is 1.27. The Hall–Kier alpha value is -5.86. The number of halogens is 3. The molecule has 3 aromatic heterocycles. The predicted molar refractivity (Wildman–Crippen MR) is 195 cm³/mol. The van der Waals surface area contributed by atoms with Crippen LogP contribution in [-0.4, -0.2) is 70.4 Å². The highest BCUT2D eigenvalue weighted by atomic mass is 19.4. The molecule has 4 heterocycles. The van der Waals surface area contributed by atoms with Crippen LogP contribution in [0, 0.1) is 5.92 Å². The summed E-state index contributed by atoms with van der Waals surface area (Å²) in [5.41, 5.74) is 2.01. The monoisotopic (exact) mass is 743 g/mol. The summed E-state index contributed by atoms with van der Waals surface area (Å²) in [5, 5.41) is 11.9. The van der Waals surface area contributed by atoms with Gasteiger partial charge >= 0.3 is 6.18 Å². The summed E-state index contributed by atoms with van der Waals surface area (Å²) in [4.78, 5) is 37.2. The van der Waals surface area contributed by atoms with Crippen molar-refractivity contribution in [3.8, 4) is 22.9 Å². The summed E-state index contributed by atoms with van der Waals surface area (Å²) in [6, 6.07) is 13.9. The molecule has 5 aromatic rings. The fourth-order valence-electron chi connectivity index (χ4n) is 6.93. The largest absolute Gasteiger partial charge is 0.497 e. The first-order valence-electron chi connectivity index (χ1n) is 17.6. The van der Waals surface area contributed by atoms with Crippen LogP contribution in [0.3, 0.4) is 0 Å². The number of anilines is 2. The molecule has 0 radical (unpaired) electrons. The van der Waals surface area contributed by atoms with E-state index in [0.29, 0.717) is 41.6 Å². The number of carbonyl (C=O) groups is 2. The SMILES string of the molecule is COc1ccc(CNc2nccc3c([C@@H]4CC[C@H](C)N(C(=O)C5CC5)C4)nn(-c4ccc(C(=O)Nc5cc(C(F)(F)F)ccn5)cc4OC)c23)c(OC)c1. The van der Waals surface area contributed by atoms with Gasteiger partial charge in [0.15, 0.2) is 5.82 Å². The molecule has 0 unspecified atom stereocenters. The van der Waals surface area contributed by atoms with Crippen LogP contribution in [0.5, 0.6) is 17.2 Å². The third-order valence-corrected chi connectivity index (χ3v) is 10.0. The lowest BCUT2D eigenvalue weighted by atomic mass is 9.89. The van der Waals surface area contributed by atoms with Crippen molar-refractivity contribution < 1.29 is 37.0 Å². The lowest BCUT2D eigenvalue weighted by molar-refractivity contribution is -0.138. The van der Waals surface area contributed by atoms with E-state index in [1.165, 1.54) is 19.2 Å². The number of amides is 2. The van der Waals surface area contributed by atoms with Crippen LogP contribution in [0.25, 0.3) is 16.6 Å². The molecular weight excluding hydrogens is 703 g/mol. The molecule has 15 heteroatoms. The van der Waals surface area contributed by atoms with Gasteiger partial charge in [0, 0.05) is 65.9 Å². The summed E-state index contributed by atoms with van der Waals surface area (Å²) >= 11 is 0. The quantitative estimate of drug-likeness (QED) is 0.144. The maximum absolute atomic E-state index is 13.3. The number of methoxy groups -OCH3 is 3. The molecule has 7 rings (SSSR count). The third-order valence-electron chi connectivity index (χ3n) is 10.0. The molecule has 0 spiro atoms. The van der Waals surface area contributed by atoms with Gasteiger partial charge in [0.2, 0.25) is 5.91 Å². The number of likely N-dealkylation sites (tertiary alicyclic amines) is 1. The molecule has 1 aliphatic heterocycles. The van der Waals surface area contributed by atoms with Gasteiger partial charge in [-0.15, -0.1) is 0 Å². The molecule has 2 aliphatic rings. The molecule has 1 saturated carbocycles. The van der Waals surface area contributed by atoms with Gasteiger partial charge in [-0.05, 0) is 81.1 Å². The van der Waals surface area contributed by atoms with Gasteiger partial charge in [-0.2, -0.15) is 18.3 Å². The van der Waals surface area contributed by atoms with Gasteiger partial charge in [0.1, 0.15) is 34.3 Å². The van der Waals surface area contributed by atoms with E-state index in [4.69, 9.17) is 24.3 Å². The molecule has 2 aromatic carbocycles. The van der Waals surface area contributed by atoms with Gasteiger partial charge in [-0.3, -0.25) is 9.59 Å². The van der Waals surface area contributed by atoms with Crippen LogP contribution in [-0.2, 0) is 17.5 Å². The smallest absolute Gasteiger partial charge is 0.416 e. The third kappa shape index (κ3) is 7.34. The fraction of sp³-hybridized carbons (Fsp3) is 0.359. The number of fused-ring (bicyclic) bond motifs is 1. The normalized spacial score (nSPS) is 17.3. The molecule has 2 atom stereocenters. The van der Waals surface area contributed by atoms with E-state index in [2.05, 4.69) is 22.5 Å². The molecular formula is C39H40F3N7O5. The number of pyridine rings is 2. The number of carbonyl (C=O) groups excluding carboxylic acids is 2. The second-order valence-electron chi connectivity index (χ2n) is 13.5. The number of nitrogens with zero attached hydrogens (tertiary/aromatic N) is 5. The van der Waals surface area contributed by atoms with Crippen molar-refractivity contribution in [3.05, 3.63) is 89.4 Å². The topological polar surface area (TPSA) is 133 Å². The average molecular weight is 744 g/mol. The fourth-order valence-corrected chi connectivity index (χ4v) is 6.93. The van der Waals surface area contributed by atoms with E-state index >= 15 is 0 Å². The van der Waals surface area contributed by atoms with E-state index in [9.17, 15) is 22.8 Å². The number of nitrogens with one attached hydrogen (secondary N) is 2. The van der Waals surface area contributed by atoms with Gasteiger partial charge < -0.3 is 29.7 Å². The van der Waals surface area contributed by atoms with Crippen LogP contribution in [0.2, 0.25) is 0 Å². The second kappa shape index (κ2) is 14.9. The van der Waals surface area contributed by atoms with Crippen LogP contribution in [0.1, 0.15) is 65.7 Å². The minimum Gasteiger partial charge on any atom is -0.497 e. The van der Waals surface area contributed by atoms with Crippen molar-refractivity contribution in [2.24, 2.45) is 5.92 Å². The van der Waals surface area contributed by atoms with Gasteiger partial charge in [-0.25, -0.2) is 14.6 Å². The van der Waals surface area contributed by atoms with Crippen molar-refractivity contribution in [2.45, 2.75) is 57.3 Å². The zero-order valence-corrected chi connectivity index (χ0v) is 30.2. The number of benzene rings is 2. The summed E-state index contributed by atoms with van der Waals surface area (Å²) in [5.74, 6) is 1.42. The van der Waals surface area contributed by atoms with Gasteiger partial charge in [-0.1, -0.05) is 0 Å². The average Bonchev–Trinajstić information content (AvgIpc) is 3.96. The summed E-state index contributed by atoms with van der Waals surface area (Å²) in [7, 11) is 4.64. The minimum absolute atomic E-state index is 0.0550. The molecule has 282 valence electrons. The second-order valence-corrected chi connectivity index (χ2v) is 13.5. The Morgan fingerprint density at radius 2 is 1.67 bits per heavy atom. The summed E-state index contributed by atoms with van der Waals surface area (Å²) in [6.07, 6.45) is 1.62. The highest BCUT2D eigenvalue weighted by molar-refractivity contribution is 6.04. The first-order chi connectivity index (χ1) is 26.0. The van der Waals surface area contributed by atoms with E-state index in [1.54, 1.807) is 37.2 Å². The highest BCUT2D eigenvalue weighted by Gasteiger charge is 2.39. The molecule has 54 heavy (non-hydrogen) atoms. The van der Waals surface area contributed by atoms with E-state index < -0.39 is 17.6 Å². The van der Waals surface area contributed by atoms with Gasteiger partial charge in [0.25, 0.3) is 5.91 Å². The molecule has 0 bridgehead atoms. The lowest BCUT2D eigenvalue weighted by Crippen LogP contribution is -2.45. The lowest BCUT2D eigenvalue weighted by Gasteiger charge is -2.37. The number of ether oxygens (including phenoxy) is 3. The van der Waals surface area contributed by atoms with Crippen molar-refractivity contribution in [1.29, 1.82) is 0 Å². The Morgan fingerprint density at radius 3 is 2.39 bits per heavy atom. The Morgan fingerprint density at radius 1 is 0.889 bits per heavy atom. The number of rotatable bonds is 11. The van der Waals surface area contributed by atoms with Crippen LogP contribution in [0.15, 0.2) is 67.0 Å². The van der Waals surface area contributed by atoms with E-state index in [1.807, 2.05) is 23.1 Å². The summed E-state index contributed by atoms with van der Waals surface area (Å²) < 4.78 is 58.4. The Labute approximate surface area is 309 Å². The van der Waals surface area contributed by atoms with Crippen LogP contribution in [0.4, 0.5) is 24.8 Å². The Bertz CT molecular complexity index is 2200. The number of aromatic nitrogens is 4. The molecule has 1 saturated heterocycles. The summed E-state index contributed by atoms with van der Waals surface area (Å²) in [6.45, 7) is 2.99. The maximum atomic E-state index is 13.3. The van der Waals surface area contributed by atoms with E-state index in [-0.39, 0.29) is 40.9 Å². The maximum Gasteiger partial charge on any atom is 0.416 e. The zero-order chi connectivity index (χ0) is 38.1.